The van der Waals surface area contributed by atoms with Crippen molar-refractivity contribution in [3.63, 3.8) is 0 Å². The number of hydrogen-bond acceptors (Lipinski definition) is 4. The Morgan fingerprint density at radius 1 is 1.39 bits per heavy atom. The van der Waals surface area contributed by atoms with Crippen LogP contribution in [0.25, 0.3) is 5.41 Å². The van der Waals surface area contributed by atoms with Crippen molar-refractivity contribution in [3.8, 4) is 0 Å². The van der Waals surface area contributed by atoms with Gasteiger partial charge >= 0.3 is 0 Å². The van der Waals surface area contributed by atoms with E-state index in [9.17, 15) is 14.7 Å². The lowest BCUT2D eigenvalue weighted by Gasteiger charge is -2.31. The van der Waals surface area contributed by atoms with Gasteiger partial charge in [0.1, 0.15) is 11.6 Å². The maximum atomic E-state index is 12.1. The van der Waals surface area contributed by atoms with Gasteiger partial charge in [-0.05, 0) is 27.2 Å². The van der Waals surface area contributed by atoms with Crippen molar-refractivity contribution >= 4 is 23.5 Å². The van der Waals surface area contributed by atoms with Crippen LogP contribution in [0.4, 0.5) is 0 Å². The summed E-state index contributed by atoms with van der Waals surface area (Å²) in [5.41, 5.74) is 2.01. The van der Waals surface area contributed by atoms with E-state index in [4.69, 9.17) is 11.1 Å². The van der Waals surface area contributed by atoms with E-state index in [1.807, 2.05) is 0 Å². The zero-order chi connectivity index (χ0) is 17.8. The van der Waals surface area contributed by atoms with Crippen molar-refractivity contribution in [2.45, 2.75) is 39.8 Å². The van der Waals surface area contributed by atoms with Crippen LogP contribution in [-0.4, -0.2) is 47.4 Å². The third kappa shape index (κ3) is 2.93. The third-order valence-corrected chi connectivity index (χ3v) is 4.23. The highest BCUT2D eigenvalue weighted by Gasteiger charge is 2.68. The molecule has 3 atom stereocenters. The molecule has 0 aromatic heterocycles. The molecule has 0 bridgehead atoms. The molecule has 0 aliphatic carbocycles. The van der Waals surface area contributed by atoms with Gasteiger partial charge in [0.05, 0.1) is 13.1 Å². The summed E-state index contributed by atoms with van der Waals surface area (Å²) in [5.74, 6) is -0.735. The normalized spacial score (nSPS) is 32.3. The van der Waals surface area contributed by atoms with Gasteiger partial charge < -0.3 is 26.9 Å². The van der Waals surface area contributed by atoms with Gasteiger partial charge in [-0.2, -0.15) is 4.99 Å². The maximum absolute atomic E-state index is 12.1. The van der Waals surface area contributed by atoms with Gasteiger partial charge in [-0.1, -0.05) is 6.92 Å². The van der Waals surface area contributed by atoms with Gasteiger partial charge in [-0.15, -0.1) is 0 Å². The Labute approximate surface area is 135 Å². The second-order valence-corrected chi connectivity index (χ2v) is 5.76. The molecule has 8 heteroatoms. The molecule has 2 aliphatic heterocycles. The summed E-state index contributed by atoms with van der Waals surface area (Å²) >= 11 is 0. The number of carbonyl (C=O) groups excluding carboxylic acids is 2. The second kappa shape index (κ2) is 7.04. The number of hydrogen-bond donors (Lipinski definition) is 4. The molecular weight excluding hydrogens is 298 g/mol. The molecule has 1 spiro atoms. The Morgan fingerprint density at radius 2 is 1.96 bits per heavy atom. The predicted molar refractivity (Wildman–Crippen MR) is 86.5 cm³/mol. The molecular formula is C15H25N5O3. The Bertz CT molecular complexity index is 576. The van der Waals surface area contributed by atoms with Crippen molar-refractivity contribution in [3.05, 3.63) is 11.0 Å². The highest BCUT2D eigenvalue weighted by Crippen LogP contribution is 2.50. The molecule has 1 saturated heterocycles. The number of carbonyl (C=O) groups is 2. The van der Waals surface area contributed by atoms with Crippen LogP contribution < -0.4 is 16.4 Å². The fourth-order valence-electron chi connectivity index (χ4n) is 3.23. The predicted octanol–water partition coefficient (Wildman–Crippen LogP) is -1.51. The van der Waals surface area contributed by atoms with Gasteiger partial charge in [0.25, 0.3) is 5.91 Å². The van der Waals surface area contributed by atoms with Gasteiger partial charge in [-0.25, -0.2) is 0 Å². The fraction of sp³-hybridized carbons (Fsp3) is 0.667. The molecule has 0 aromatic carbocycles. The molecule has 6 N–H and O–H groups in total. The van der Waals surface area contributed by atoms with E-state index in [1.54, 1.807) is 12.8 Å². The number of amidine groups is 1. The zero-order valence-electron chi connectivity index (χ0n) is 14.0. The summed E-state index contributed by atoms with van der Waals surface area (Å²) in [4.78, 5) is 27.7. The minimum Gasteiger partial charge on any atom is -0.763 e. The van der Waals surface area contributed by atoms with Crippen molar-refractivity contribution in [1.82, 2.24) is 5.32 Å². The number of nitrogens with zero attached hydrogens (tertiary/aromatic N) is 2. The summed E-state index contributed by atoms with van der Waals surface area (Å²) < 4.78 is 0. The van der Waals surface area contributed by atoms with E-state index < -0.39 is 28.9 Å². The van der Waals surface area contributed by atoms with Crippen LogP contribution in [0.2, 0.25) is 0 Å². The largest absolute Gasteiger partial charge is 0.763 e. The number of aliphatic hydroxyl groups is 1. The molecule has 2 rings (SSSR count). The quantitative estimate of drug-likeness (QED) is 0.370. The van der Waals surface area contributed by atoms with Gasteiger partial charge in [-0.3, -0.25) is 15.5 Å². The zero-order valence-corrected chi connectivity index (χ0v) is 14.0. The van der Waals surface area contributed by atoms with Crippen molar-refractivity contribution in [1.29, 1.82) is 0 Å². The van der Waals surface area contributed by atoms with Crippen molar-refractivity contribution in [2.75, 3.05) is 13.1 Å². The van der Waals surface area contributed by atoms with Crippen LogP contribution in [0.3, 0.4) is 0 Å². The number of quaternary nitrogens is 1. The Hall–Kier alpha value is -2.02. The number of nitrogens with one attached hydrogen (secondary N) is 1. The summed E-state index contributed by atoms with van der Waals surface area (Å²) in [6, 6.07) is 0. The Balaban J connectivity index is 0.000000463. The molecule has 0 radical (unpaired) electrons. The monoisotopic (exact) mass is 323 g/mol. The number of nitrogens with two attached hydrogens (primary N) is 2. The van der Waals surface area contributed by atoms with E-state index in [1.165, 1.54) is 20.0 Å². The van der Waals surface area contributed by atoms with Crippen molar-refractivity contribution in [2.24, 2.45) is 22.1 Å². The van der Waals surface area contributed by atoms with Crippen LogP contribution in [-0.2, 0) is 9.59 Å². The lowest BCUT2D eigenvalue weighted by molar-refractivity contribution is -0.648. The lowest BCUT2D eigenvalue weighted by Crippen LogP contribution is -2.82. The summed E-state index contributed by atoms with van der Waals surface area (Å²) in [6.45, 7) is 9.86. The van der Waals surface area contributed by atoms with E-state index >= 15 is 0 Å². The average molecular weight is 323 g/mol. The number of aliphatic imine (C=N–C) groups is 1. The summed E-state index contributed by atoms with van der Waals surface area (Å²) in [6.07, 6.45) is 0.325. The second-order valence-electron chi connectivity index (χ2n) is 5.76. The van der Waals surface area contributed by atoms with Gasteiger partial charge in [0, 0.05) is 11.5 Å². The molecule has 1 fully saturated rings. The molecule has 2 amide bonds. The Morgan fingerprint density at radius 3 is 2.35 bits per heavy atom. The highest BCUT2D eigenvalue weighted by atomic mass is 16.3. The molecule has 3 unspecified atom stereocenters. The van der Waals surface area contributed by atoms with Crippen LogP contribution in [0.1, 0.15) is 34.1 Å². The minimum absolute atomic E-state index is 0.172. The molecule has 2 aliphatic rings. The lowest BCUT2D eigenvalue weighted by atomic mass is 9.68. The van der Waals surface area contributed by atoms with Crippen LogP contribution in [0.15, 0.2) is 10.6 Å². The average Bonchev–Trinajstić information content (AvgIpc) is 2.83. The molecule has 23 heavy (non-hydrogen) atoms. The standard InChI is InChI=1S/C11H13N4O3.C4H11N/c1-3-6-10(2,18)15-9(17)11(6)5(4-12)7(13)14-8(11)16;1-3-5-4-2/h6,18H,3H2,1-2H3,(H,15,17)(H2,13,14,16);5H,3-4H2,1-2H3/q-1;/p+1. The molecule has 0 saturated carbocycles. The first kappa shape index (κ1) is 19.0. The highest BCUT2D eigenvalue weighted by molar-refractivity contribution is 6.29. The topological polar surface area (TPSA) is 144 Å². The van der Waals surface area contributed by atoms with Gasteiger partial charge in [0.2, 0.25) is 5.91 Å². The SMILES string of the molecule is CCC1C(C)(O)NC(=O)C12C(=O)N=C(N)C2=C=[N-].CC[NH2+]CC. The first-order chi connectivity index (χ1) is 10.7. The van der Waals surface area contributed by atoms with E-state index in [0.717, 1.165) is 0 Å². The summed E-state index contributed by atoms with van der Waals surface area (Å²) in [7, 11) is 0. The first-order valence-corrected chi connectivity index (χ1v) is 7.76. The molecule has 2 heterocycles. The van der Waals surface area contributed by atoms with E-state index in [0.29, 0.717) is 6.42 Å². The fourth-order valence-corrected chi connectivity index (χ4v) is 3.23. The van der Waals surface area contributed by atoms with Crippen LogP contribution in [0, 0.1) is 11.3 Å². The summed E-state index contributed by atoms with van der Waals surface area (Å²) in [5, 5.41) is 23.9. The van der Waals surface area contributed by atoms with Crippen LogP contribution >= 0.6 is 0 Å². The molecule has 8 nitrogen and oxygen atoms in total. The van der Waals surface area contributed by atoms with Crippen LogP contribution in [0.5, 0.6) is 0 Å². The molecule has 128 valence electrons. The Kier molecular flexibility index (Phi) is 5.82. The minimum atomic E-state index is -1.77. The third-order valence-electron chi connectivity index (χ3n) is 4.23. The number of amides is 2. The van der Waals surface area contributed by atoms with E-state index in [-0.39, 0.29) is 11.4 Å². The maximum Gasteiger partial charge on any atom is 0.269 e. The number of rotatable bonds is 3. The van der Waals surface area contributed by atoms with Crippen molar-refractivity contribution < 1.29 is 20.0 Å². The van der Waals surface area contributed by atoms with E-state index in [2.05, 4.69) is 29.5 Å². The first-order valence-electron chi connectivity index (χ1n) is 7.76. The van der Waals surface area contributed by atoms with Gasteiger partial charge in [0.15, 0.2) is 5.41 Å². The smallest absolute Gasteiger partial charge is 0.269 e. The molecule has 0 aromatic rings.